The molecule has 3 aromatic heterocycles. The van der Waals surface area contributed by atoms with E-state index in [-0.39, 0.29) is 9.30 Å². The molecule has 0 saturated carbocycles. The van der Waals surface area contributed by atoms with Crippen molar-refractivity contribution in [2.24, 2.45) is 0 Å². The van der Waals surface area contributed by atoms with E-state index in [1.165, 1.54) is 18.5 Å². The van der Waals surface area contributed by atoms with Crippen LogP contribution in [0.25, 0.3) is 16.9 Å². The van der Waals surface area contributed by atoms with Gasteiger partial charge in [0.05, 0.1) is 16.3 Å². The Kier molecular flexibility index (Phi) is 4.10. The lowest BCUT2D eigenvalue weighted by atomic mass is 10.2. The minimum atomic E-state index is -0.459. The van der Waals surface area contributed by atoms with E-state index in [0.29, 0.717) is 35.1 Å². The van der Waals surface area contributed by atoms with Crippen molar-refractivity contribution >= 4 is 28.9 Å². The first kappa shape index (κ1) is 16.2. The molecule has 0 spiro atoms. The second-order valence-electron chi connectivity index (χ2n) is 5.54. The van der Waals surface area contributed by atoms with Crippen LogP contribution in [0.15, 0.2) is 49.1 Å². The first-order valence-corrected chi connectivity index (χ1v) is 8.08. The van der Waals surface area contributed by atoms with Gasteiger partial charge in [-0.2, -0.15) is 0 Å². The molecule has 9 heteroatoms. The van der Waals surface area contributed by atoms with Crippen molar-refractivity contribution in [3.63, 3.8) is 0 Å². The molecule has 3 N–H and O–H groups in total. The number of halogens is 2. The molecular formula is C17H19ClFN7. The topological polar surface area (TPSA) is 94.0 Å². The van der Waals surface area contributed by atoms with Gasteiger partial charge >= 0.3 is 0 Å². The number of nitrogens with zero attached hydrogens (tertiary/aromatic N) is 5. The molecule has 0 unspecified atom stereocenters. The molecular weight excluding hydrogens is 357 g/mol. The van der Waals surface area contributed by atoms with Gasteiger partial charge < -0.3 is 11.1 Å². The Morgan fingerprint density at radius 1 is 1.23 bits per heavy atom. The Morgan fingerprint density at radius 2 is 2.12 bits per heavy atom. The van der Waals surface area contributed by atoms with Crippen molar-refractivity contribution in [2.45, 2.75) is 6.54 Å². The van der Waals surface area contributed by atoms with Crippen LogP contribution in [0.1, 0.15) is 9.84 Å². The highest BCUT2D eigenvalue weighted by molar-refractivity contribution is 6.30. The molecule has 4 rings (SSSR count). The molecule has 7 nitrogen and oxygen atoms in total. The van der Waals surface area contributed by atoms with E-state index in [1.54, 1.807) is 35.1 Å². The number of anilines is 2. The molecule has 0 aliphatic carbocycles. The molecule has 0 radical (unpaired) electrons. The number of fused-ring (bicyclic) bond motifs is 1. The molecule has 0 aliphatic heterocycles. The van der Waals surface area contributed by atoms with E-state index in [1.807, 2.05) is 0 Å². The zero-order chi connectivity index (χ0) is 18.1. The van der Waals surface area contributed by atoms with Gasteiger partial charge in [-0.3, -0.25) is 0 Å². The van der Waals surface area contributed by atoms with Crippen LogP contribution in [0, 0.1) is 5.82 Å². The van der Waals surface area contributed by atoms with Crippen LogP contribution in [0.4, 0.5) is 16.0 Å². The SMILES string of the molecule is Nc1nn2cccnc2c1-c1cc(NCc2ccc(Cl)c(F)c2)ncn1.[HH].[HH].[HH]. The first-order chi connectivity index (χ1) is 12.6. The number of aromatic nitrogens is 5. The van der Waals surface area contributed by atoms with E-state index >= 15 is 0 Å². The summed E-state index contributed by atoms with van der Waals surface area (Å²) in [5.74, 6) is 0.438. The predicted octanol–water partition coefficient (Wildman–Crippen LogP) is 3.91. The summed E-state index contributed by atoms with van der Waals surface area (Å²) in [6.07, 6.45) is 4.85. The Bertz CT molecular complexity index is 1110. The second kappa shape index (κ2) is 6.57. The lowest BCUT2D eigenvalue weighted by Crippen LogP contribution is -2.03. The third kappa shape index (κ3) is 3.02. The van der Waals surface area contributed by atoms with Crippen LogP contribution in [0.3, 0.4) is 0 Å². The Morgan fingerprint density at radius 3 is 2.96 bits per heavy atom. The molecule has 4 aromatic rings. The average Bonchev–Trinajstić information content (AvgIpc) is 2.98. The summed E-state index contributed by atoms with van der Waals surface area (Å²) in [6.45, 7) is 0.382. The van der Waals surface area contributed by atoms with Gasteiger partial charge in [-0.25, -0.2) is 23.9 Å². The molecule has 0 fully saturated rings. The van der Waals surface area contributed by atoms with Gasteiger partial charge in [-0.05, 0) is 23.8 Å². The number of rotatable bonds is 4. The molecule has 0 saturated heterocycles. The summed E-state index contributed by atoms with van der Waals surface area (Å²) in [6, 6.07) is 8.15. The summed E-state index contributed by atoms with van der Waals surface area (Å²) in [4.78, 5) is 12.8. The Balaban J connectivity index is 0.00000140. The predicted molar refractivity (Wildman–Crippen MR) is 104 cm³/mol. The zero-order valence-corrected chi connectivity index (χ0v) is 14.2. The molecule has 136 valence electrons. The summed E-state index contributed by atoms with van der Waals surface area (Å²) in [5.41, 5.74) is 8.60. The van der Waals surface area contributed by atoms with Crippen LogP contribution >= 0.6 is 11.6 Å². The standard InChI is InChI=1S/C17H13ClFN7.3H2/c18-11-3-2-10(6-12(11)19)8-22-14-7-13(23-9-24-14)15-16(20)25-26-5-1-4-21-17(15)26;;;/h1-7,9H,8H2,(H2,20,25)(H,22,23,24);3*1H. The minimum absolute atomic E-state index is 0. The summed E-state index contributed by atoms with van der Waals surface area (Å²) < 4.78 is 15.1. The van der Waals surface area contributed by atoms with Gasteiger partial charge in [0, 0.05) is 29.3 Å². The van der Waals surface area contributed by atoms with Gasteiger partial charge in [-0.15, -0.1) is 5.10 Å². The van der Waals surface area contributed by atoms with E-state index in [4.69, 9.17) is 17.3 Å². The van der Waals surface area contributed by atoms with Crippen molar-refractivity contribution < 1.29 is 8.67 Å². The fourth-order valence-electron chi connectivity index (χ4n) is 2.58. The highest BCUT2D eigenvalue weighted by Crippen LogP contribution is 2.28. The van der Waals surface area contributed by atoms with Crippen LogP contribution in [0.5, 0.6) is 0 Å². The van der Waals surface area contributed by atoms with Crippen LogP contribution in [-0.4, -0.2) is 24.6 Å². The molecule has 0 aliphatic rings. The maximum absolute atomic E-state index is 13.5. The maximum Gasteiger partial charge on any atom is 0.166 e. The number of hydrogen-bond acceptors (Lipinski definition) is 6. The smallest absolute Gasteiger partial charge is 0.166 e. The van der Waals surface area contributed by atoms with Crippen molar-refractivity contribution in [3.8, 4) is 11.3 Å². The number of benzene rings is 1. The van der Waals surface area contributed by atoms with Gasteiger partial charge in [0.2, 0.25) is 0 Å². The quantitative estimate of drug-likeness (QED) is 0.561. The van der Waals surface area contributed by atoms with Crippen molar-refractivity contribution in [1.29, 1.82) is 0 Å². The number of hydrogen-bond donors (Lipinski definition) is 2. The van der Waals surface area contributed by atoms with E-state index in [2.05, 4.69) is 25.4 Å². The van der Waals surface area contributed by atoms with Gasteiger partial charge in [0.25, 0.3) is 0 Å². The average molecular weight is 376 g/mol. The molecule has 0 atom stereocenters. The summed E-state index contributed by atoms with van der Waals surface area (Å²) in [7, 11) is 0. The Labute approximate surface area is 157 Å². The van der Waals surface area contributed by atoms with Crippen LogP contribution < -0.4 is 11.1 Å². The van der Waals surface area contributed by atoms with Gasteiger partial charge in [-0.1, -0.05) is 17.7 Å². The van der Waals surface area contributed by atoms with Crippen LogP contribution in [0.2, 0.25) is 5.02 Å². The molecule has 26 heavy (non-hydrogen) atoms. The molecule has 0 amide bonds. The monoisotopic (exact) mass is 375 g/mol. The highest BCUT2D eigenvalue weighted by atomic mass is 35.5. The van der Waals surface area contributed by atoms with Gasteiger partial charge in [0.15, 0.2) is 11.5 Å². The van der Waals surface area contributed by atoms with Crippen molar-refractivity contribution in [1.82, 2.24) is 24.6 Å². The third-order valence-corrected chi connectivity index (χ3v) is 4.11. The van der Waals surface area contributed by atoms with E-state index in [9.17, 15) is 4.39 Å². The summed E-state index contributed by atoms with van der Waals surface area (Å²) in [5, 5.41) is 7.45. The minimum Gasteiger partial charge on any atom is -0.382 e. The molecule has 1 aromatic carbocycles. The third-order valence-electron chi connectivity index (χ3n) is 3.80. The largest absolute Gasteiger partial charge is 0.382 e. The van der Waals surface area contributed by atoms with Gasteiger partial charge in [0.1, 0.15) is 18.0 Å². The fourth-order valence-corrected chi connectivity index (χ4v) is 2.70. The molecule has 0 bridgehead atoms. The Hall–Kier alpha value is -3.26. The van der Waals surface area contributed by atoms with E-state index in [0.717, 1.165) is 5.56 Å². The fraction of sp³-hybridized carbons (Fsp3) is 0.0588. The number of nitrogen functional groups attached to an aromatic ring is 1. The first-order valence-electron chi connectivity index (χ1n) is 7.71. The van der Waals surface area contributed by atoms with Crippen LogP contribution in [-0.2, 0) is 6.54 Å². The second-order valence-corrected chi connectivity index (χ2v) is 5.95. The van der Waals surface area contributed by atoms with Crippen molar-refractivity contribution in [2.75, 3.05) is 11.1 Å². The zero-order valence-electron chi connectivity index (χ0n) is 13.4. The summed E-state index contributed by atoms with van der Waals surface area (Å²) >= 11 is 5.70. The van der Waals surface area contributed by atoms with E-state index < -0.39 is 5.82 Å². The number of nitrogens with two attached hydrogens (primary N) is 1. The lowest BCUT2D eigenvalue weighted by molar-refractivity contribution is 0.626. The normalized spacial score (nSPS) is 11.0. The maximum atomic E-state index is 13.5. The number of nitrogens with one attached hydrogen (secondary N) is 1. The lowest BCUT2D eigenvalue weighted by Gasteiger charge is -2.07. The molecule has 3 heterocycles. The highest BCUT2D eigenvalue weighted by Gasteiger charge is 2.15. The van der Waals surface area contributed by atoms with Crippen molar-refractivity contribution in [3.05, 3.63) is 65.5 Å².